The van der Waals surface area contributed by atoms with E-state index in [0.29, 0.717) is 11.3 Å². The van der Waals surface area contributed by atoms with Crippen LogP contribution in [0, 0.1) is 34.9 Å². The standard InChI is InChI=1S/C23H25FN2O2/c1-14-6-8-15(9-7-14)19(27)26-20-22(2,3)21(23(20,4)5)28-17-11-10-16(13-25)18(24)12-17/h6-12,20-21H,1-5H3,(H,26,27). The lowest BCUT2D eigenvalue weighted by Gasteiger charge is -2.63. The zero-order valence-electron chi connectivity index (χ0n) is 16.8. The minimum Gasteiger partial charge on any atom is -0.489 e. The Hall–Kier alpha value is -2.87. The van der Waals surface area contributed by atoms with Gasteiger partial charge in [0.15, 0.2) is 0 Å². The highest BCUT2D eigenvalue weighted by Gasteiger charge is 2.64. The maximum Gasteiger partial charge on any atom is 0.251 e. The quantitative estimate of drug-likeness (QED) is 0.842. The van der Waals surface area contributed by atoms with Crippen molar-refractivity contribution >= 4 is 5.91 Å². The minimum absolute atomic E-state index is 0.0114. The molecule has 146 valence electrons. The zero-order valence-corrected chi connectivity index (χ0v) is 16.8. The largest absolute Gasteiger partial charge is 0.489 e. The van der Waals surface area contributed by atoms with Crippen molar-refractivity contribution in [2.75, 3.05) is 0 Å². The fourth-order valence-corrected chi connectivity index (χ4v) is 4.52. The van der Waals surface area contributed by atoms with Crippen LogP contribution in [0.3, 0.4) is 0 Å². The SMILES string of the molecule is Cc1ccc(C(=O)NC2C(C)(C)C(Oc3ccc(C#N)c(F)c3)C2(C)C)cc1. The summed E-state index contributed by atoms with van der Waals surface area (Å²) in [5.74, 6) is -0.334. The Morgan fingerprint density at radius 2 is 1.71 bits per heavy atom. The van der Waals surface area contributed by atoms with Gasteiger partial charge in [-0.15, -0.1) is 0 Å². The molecular formula is C23H25FN2O2. The third-order valence-electron chi connectivity index (χ3n) is 5.74. The number of halogens is 1. The monoisotopic (exact) mass is 380 g/mol. The van der Waals surface area contributed by atoms with Crippen LogP contribution >= 0.6 is 0 Å². The summed E-state index contributed by atoms with van der Waals surface area (Å²) in [6.07, 6.45) is -0.226. The number of amides is 1. The van der Waals surface area contributed by atoms with E-state index in [1.807, 2.05) is 58.9 Å². The van der Waals surface area contributed by atoms with E-state index in [4.69, 9.17) is 10.00 Å². The second-order valence-corrected chi connectivity index (χ2v) is 8.67. The Labute approximate surface area is 165 Å². The van der Waals surface area contributed by atoms with Gasteiger partial charge in [-0.3, -0.25) is 4.79 Å². The summed E-state index contributed by atoms with van der Waals surface area (Å²) >= 11 is 0. The number of carbonyl (C=O) groups is 1. The third-order valence-corrected chi connectivity index (χ3v) is 5.74. The smallest absolute Gasteiger partial charge is 0.251 e. The van der Waals surface area contributed by atoms with E-state index in [0.717, 1.165) is 5.56 Å². The molecule has 0 spiro atoms. The van der Waals surface area contributed by atoms with Crippen LogP contribution in [0.25, 0.3) is 0 Å². The molecule has 1 saturated carbocycles. The highest BCUT2D eigenvalue weighted by atomic mass is 19.1. The molecule has 1 amide bonds. The van der Waals surface area contributed by atoms with Gasteiger partial charge in [-0.1, -0.05) is 45.4 Å². The first-order chi connectivity index (χ1) is 13.1. The molecule has 0 aromatic heterocycles. The Morgan fingerprint density at radius 1 is 1.11 bits per heavy atom. The summed E-state index contributed by atoms with van der Waals surface area (Å²) < 4.78 is 20.0. The number of hydrogen-bond acceptors (Lipinski definition) is 3. The third kappa shape index (κ3) is 3.35. The van der Waals surface area contributed by atoms with Gasteiger partial charge >= 0.3 is 0 Å². The summed E-state index contributed by atoms with van der Waals surface area (Å²) in [6.45, 7) is 10.1. The molecule has 0 unspecified atom stereocenters. The summed E-state index contributed by atoms with van der Waals surface area (Å²) in [5, 5.41) is 12.0. The predicted molar refractivity (Wildman–Crippen MR) is 106 cm³/mol. The first-order valence-corrected chi connectivity index (χ1v) is 9.31. The van der Waals surface area contributed by atoms with E-state index >= 15 is 0 Å². The molecule has 5 heteroatoms. The molecule has 0 bridgehead atoms. The molecule has 28 heavy (non-hydrogen) atoms. The summed E-state index contributed by atoms with van der Waals surface area (Å²) in [5.41, 5.74) is 1.00. The lowest BCUT2D eigenvalue weighted by molar-refractivity contribution is -0.164. The Morgan fingerprint density at radius 3 is 2.25 bits per heavy atom. The molecule has 0 heterocycles. The minimum atomic E-state index is -0.598. The molecule has 1 N–H and O–H groups in total. The van der Waals surface area contributed by atoms with E-state index in [1.54, 1.807) is 12.1 Å². The molecule has 1 aliphatic carbocycles. The molecular weight excluding hydrogens is 355 g/mol. The number of benzene rings is 2. The fourth-order valence-electron chi connectivity index (χ4n) is 4.52. The molecule has 2 aromatic rings. The molecule has 1 fully saturated rings. The van der Waals surface area contributed by atoms with Crippen LogP contribution in [0.15, 0.2) is 42.5 Å². The average molecular weight is 380 g/mol. The Bertz CT molecular complexity index is 926. The van der Waals surface area contributed by atoms with Crippen molar-refractivity contribution in [2.45, 2.75) is 46.8 Å². The topological polar surface area (TPSA) is 62.1 Å². The number of aryl methyl sites for hydroxylation is 1. The second-order valence-electron chi connectivity index (χ2n) is 8.67. The van der Waals surface area contributed by atoms with E-state index < -0.39 is 5.82 Å². The van der Waals surface area contributed by atoms with Gasteiger partial charge in [0.05, 0.1) is 5.56 Å². The fraction of sp³-hybridized carbons (Fsp3) is 0.391. The molecule has 0 aliphatic heterocycles. The van der Waals surface area contributed by atoms with E-state index in [9.17, 15) is 9.18 Å². The van der Waals surface area contributed by atoms with Gasteiger partial charge in [0.1, 0.15) is 23.7 Å². The van der Waals surface area contributed by atoms with Gasteiger partial charge in [0, 0.05) is 28.5 Å². The van der Waals surface area contributed by atoms with Gasteiger partial charge in [-0.25, -0.2) is 4.39 Å². The molecule has 0 radical (unpaired) electrons. The van der Waals surface area contributed by atoms with E-state index in [-0.39, 0.29) is 34.4 Å². The first kappa shape index (κ1) is 19.9. The molecule has 2 aromatic carbocycles. The summed E-state index contributed by atoms with van der Waals surface area (Å²) in [7, 11) is 0. The highest BCUT2D eigenvalue weighted by molar-refractivity contribution is 5.94. The van der Waals surface area contributed by atoms with Crippen molar-refractivity contribution in [3.8, 4) is 11.8 Å². The van der Waals surface area contributed by atoms with Gasteiger partial charge in [0.2, 0.25) is 0 Å². The first-order valence-electron chi connectivity index (χ1n) is 9.31. The summed E-state index contributed by atoms with van der Waals surface area (Å²) in [4.78, 5) is 12.7. The summed E-state index contributed by atoms with van der Waals surface area (Å²) in [6, 6.07) is 13.4. The lowest BCUT2D eigenvalue weighted by Crippen LogP contribution is -2.74. The molecule has 3 rings (SSSR count). The van der Waals surface area contributed by atoms with Crippen LogP contribution < -0.4 is 10.1 Å². The van der Waals surface area contributed by atoms with Crippen LogP contribution in [-0.4, -0.2) is 18.1 Å². The van der Waals surface area contributed by atoms with Gasteiger partial charge in [0.25, 0.3) is 5.91 Å². The molecule has 0 saturated heterocycles. The number of nitrogens with one attached hydrogen (secondary N) is 1. The van der Waals surface area contributed by atoms with E-state index in [2.05, 4.69) is 5.32 Å². The lowest BCUT2D eigenvalue weighted by atomic mass is 9.49. The number of nitriles is 1. The Kier molecular flexibility index (Phi) is 4.93. The van der Waals surface area contributed by atoms with Crippen molar-refractivity contribution in [2.24, 2.45) is 10.8 Å². The normalized spacial score (nSPS) is 21.9. The number of nitrogens with zero attached hydrogens (tertiary/aromatic N) is 1. The van der Waals surface area contributed by atoms with Crippen LogP contribution in [0.5, 0.6) is 5.75 Å². The van der Waals surface area contributed by atoms with Crippen molar-refractivity contribution in [3.05, 3.63) is 65.0 Å². The van der Waals surface area contributed by atoms with E-state index in [1.165, 1.54) is 12.1 Å². The number of carbonyl (C=O) groups excluding carboxylic acids is 1. The maximum absolute atomic E-state index is 13.9. The van der Waals surface area contributed by atoms with Crippen LogP contribution in [0.4, 0.5) is 4.39 Å². The average Bonchev–Trinajstić information content (AvgIpc) is 2.64. The molecule has 1 aliphatic rings. The highest BCUT2D eigenvalue weighted by Crippen LogP contribution is 2.55. The van der Waals surface area contributed by atoms with Crippen molar-refractivity contribution in [1.82, 2.24) is 5.32 Å². The van der Waals surface area contributed by atoms with Crippen molar-refractivity contribution in [1.29, 1.82) is 5.26 Å². The number of rotatable bonds is 4. The zero-order chi connectivity index (χ0) is 20.7. The van der Waals surface area contributed by atoms with Gasteiger partial charge in [-0.05, 0) is 31.2 Å². The van der Waals surface area contributed by atoms with Crippen molar-refractivity contribution in [3.63, 3.8) is 0 Å². The number of hydrogen-bond donors (Lipinski definition) is 1. The molecule has 4 nitrogen and oxygen atoms in total. The van der Waals surface area contributed by atoms with Crippen LogP contribution in [0.2, 0.25) is 0 Å². The van der Waals surface area contributed by atoms with Crippen LogP contribution in [0.1, 0.15) is 49.2 Å². The van der Waals surface area contributed by atoms with Crippen molar-refractivity contribution < 1.29 is 13.9 Å². The predicted octanol–water partition coefficient (Wildman–Crippen LogP) is 4.62. The number of ether oxygens (including phenoxy) is 1. The Balaban J connectivity index is 1.76. The second kappa shape index (κ2) is 6.94. The van der Waals surface area contributed by atoms with Crippen LogP contribution in [-0.2, 0) is 0 Å². The van der Waals surface area contributed by atoms with Gasteiger partial charge in [-0.2, -0.15) is 5.26 Å². The maximum atomic E-state index is 13.9. The van der Waals surface area contributed by atoms with Gasteiger partial charge < -0.3 is 10.1 Å². The molecule has 0 atom stereocenters.